The van der Waals surface area contributed by atoms with Gasteiger partial charge in [0.25, 0.3) is 0 Å². The number of rotatable bonds is 2. The fraction of sp³-hybridized carbons (Fsp3) is 0.556. The molecule has 0 spiro atoms. The molecule has 0 aliphatic carbocycles. The highest BCUT2D eigenvalue weighted by molar-refractivity contribution is 5.49. The summed E-state index contributed by atoms with van der Waals surface area (Å²) in [5.41, 5.74) is 2.50. The summed E-state index contributed by atoms with van der Waals surface area (Å²) in [6, 6.07) is 1.78. The first-order valence-electron chi connectivity index (χ1n) is 4.94. The highest BCUT2D eigenvalue weighted by atomic mass is 16.3. The Morgan fingerprint density at radius 3 is 3.00 bits per heavy atom. The molecule has 15 heavy (non-hydrogen) atoms. The van der Waals surface area contributed by atoms with Crippen LogP contribution in [0.2, 0.25) is 0 Å². The summed E-state index contributed by atoms with van der Waals surface area (Å²) in [7, 11) is 0. The minimum atomic E-state index is -0.255. The van der Waals surface area contributed by atoms with Crippen LogP contribution in [0.5, 0.6) is 0 Å². The molecule has 1 unspecified atom stereocenters. The van der Waals surface area contributed by atoms with Gasteiger partial charge in [0.1, 0.15) is 17.5 Å². The molecule has 6 nitrogen and oxygen atoms in total. The van der Waals surface area contributed by atoms with E-state index in [2.05, 4.69) is 15.4 Å². The van der Waals surface area contributed by atoms with Crippen molar-refractivity contribution in [2.45, 2.75) is 19.4 Å². The normalized spacial score (nSPS) is 20.7. The van der Waals surface area contributed by atoms with Gasteiger partial charge in [0.15, 0.2) is 0 Å². The number of nitrogens with one attached hydrogen (secondary N) is 1. The Balaban J connectivity index is 2.24. The first-order valence-corrected chi connectivity index (χ1v) is 4.94. The van der Waals surface area contributed by atoms with Gasteiger partial charge in [-0.05, 0) is 13.3 Å². The minimum absolute atomic E-state index is 0.255. The first-order chi connectivity index (χ1) is 7.19. The van der Waals surface area contributed by atoms with E-state index < -0.39 is 0 Å². The second kappa shape index (κ2) is 4.00. The highest BCUT2D eigenvalue weighted by Crippen LogP contribution is 2.20. The number of hydrazine groups is 1. The van der Waals surface area contributed by atoms with Crippen LogP contribution in [0.15, 0.2) is 6.07 Å². The smallest absolute Gasteiger partial charge is 0.145 e. The van der Waals surface area contributed by atoms with E-state index in [-0.39, 0.29) is 6.10 Å². The molecule has 4 N–H and O–H groups in total. The van der Waals surface area contributed by atoms with Crippen molar-refractivity contribution >= 4 is 11.6 Å². The molecule has 2 rings (SSSR count). The Hall–Kier alpha value is -1.40. The number of anilines is 2. The second-order valence-corrected chi connectivity index (χ2v) is 3.69. The third-order valence-corrected chi connectivity index (χ3v) is 2.46. The van der Waals surface area contributed by atoms with Gasteiger partial charge in [-0.3, -0.25) is 0 Å². The molecule has 0 radical (unpaired) electrons. The van der Waals surface area contributed by atoms with Gasteiger partial charge in [-0.25, -0.2) is 15.8 Å². The summed E-state index contributed by atoms with van der Waals surface area (Å²) in [4.78, 5) is 10.4. The van der Waals surface area contributed by atoms with Crippen LogP contribution in [0.25, 0.3) is 0 Å². The summed E-state index contributed by atoms with van der Waals surface area (Å²) in [6.07, 6.45) is 0.531. The number of nitrogens with zero attached hydrogens (tertiary/aromatic N) is 3. The molecule has 0 amide bonds. The van der Waals surface area contributed by atoms with Crippen LogP contribution in [-0.4, -0.2) is 34.3 Å². The van der Waals surface area contributed by atoms with Crippen LogP contribution in [0, 0.1) is 6.92 Å². The van der Waals surface area contributed by atoms with E-state index in [1.807, 2.05) is 11.8 Å². The van der Waals surface area contributed by atoms with Crippen molar-refractivity contribution in [2.24, 2.45) is 5.84 Å². The maximum atomic E-state index is 9.43. The highest BCUT2D eigenvalue weighted by Gasteiger charge is 2.21. The SMILES string of the molecule is Cc1nc(NN)cc(N2CCC(O)C2)n1. The van der Waals surface area contributed by atoms with Crippen LogP contribution in [-0.2, 0) is 0 Å². The fourth-order valence-electron chi connectivity index (χ4n) is 1.74. The molecular formula is C9H15N5O. The van der Waals surface area contributed by atoms with Gasteiger partial charge < -0.3 is 15.4 Å². The molecule has 6 heteroatoms. The van der Waals surface area contributed by atoms with Crippen LogP contribution in [0.1, 0.15) is 12.2 Å². The van der Waals surface area contributed by atoms with Crippen molar-refractivity contribution < 1.29 is 5.11 Å². The Bertz CT molecular complexity index is 356. The van der Waals surface area contributed by atoms with Gasteiger partial charge in [0.2, 0.25) is 0 Å². The molecule has 82 valence electrons. The number of aliphatic hydroxyl groups excluding tert-OH is 1. The molecule has 1 aliphatic rings. The van der Waals surface area contributed by atoms with Crippen molar-refractivity contribution in [1.82, 2.24) is 9.97 Å². The number of hydrogen-bond donors (Lipinski definition) is 3. The van der Waals surface area contributed by atoms with E-state index in [4.69, 9.17) is 5.84 Å². The zero-order chi connectivity index (χ0) is 10.8. The third kappa shape index (κ3) is 2.16. The molecule has 1 fully saturated rings. The summed E-state index contributed by atoms with van der Waals surface area (Å²) >= 11 is 0. The quantitative estimate of drug-likeness (QED) is 0.455. The van der Waals surface area contributed by atoms with Gasteiger partial charge in [0.05, 0.1) is 6.10 Å². The van der Waals surface area contributed by atoms with Crippen molar-refractivity contribution in [2.75, 3.05) is 23.4 Å². The van der Waals surface area contributed by atoms with Gasteiger partial charge >= 0.3 is 0 Å². The molecule has 1 saturated heterocycles. The molecule has 1 aromatic rings. The topological polar surface area (TPSA) is 87.3 Å². The van der Waals surface area contributed by atoms with Gasteiger partial charge in [-0.15, -0.1) is 0 Å². The number of aryl methyl sites for hydroxylation is 1. The van der Waals surface area contributed by atoms with Crippen LogP contribution in [0.3, 0.4) is 0 Å². The third-order valence-electron chi connectivity index (χ3n) is 2.46. The lowest BCUT2D eigenvalue weighted by Gasteiger charge is -2.17. The van der Waals surface area contributed by atoms with E-state index in [1.165, 1.54) is 0 Å². The van der Waals surface area contributed by atoms with E-state index in [0.29, 0.717) is 18.2 Å². The number of nitrogens with two attached hydrogens (primary N) is 1. The second-order valence-electron chi connectivity index (χ2n) is 3.69. The monoisotopic (exact) mass is 209 g/mol. The number of hydrogen-bond acceptors (Lipinski definition) is 6. The first kappa shape index (κ1) is 10.1. The zero-order valence-electron chi connectivity index (χ0n) is 8.64. The zero-order valence-corrected chi connectivity index (χ0v) is 8.64. The summed E-state index contributed by atoms with van der Waals surface area (Å²) in [6.45, 7) is 3.26. The van der Waals surface area contributed by atoms with Crippen LogP contribution >= 0.6 is 0 Å². The number of β-amino-alcohol motifs (C(OH)–C–C–N with tert-alkyl or cyclic N) is 1. The molecule has 0 saturated carbocycles. The van der Waals surface area contributed by atoms with E-state index in [0.717, 1.165) is 18.8 Å². The van der Waals surface area contributed by atoms with Crippen LogP contribution < -0.4 is 16.2 Å². The predicted octanol–water partition coefficient (Wildman–Crippen LogP) is -0.358. The van der Waals surface area contributed by atoms with Crippen LogP contribution in [0.4, 0.5) is 11.6 Å². The fourth-order valence-corrected chi connectivity index (χ4v) is 1.74. The Morgan fingerprint density at radius 2 is 2.40 bits per heavy atom. The Morgan fingerprint density at radius 1 is 1.60 bits per heavy atom. The van der Waals surface area contributed by atoms with E-state index in [1.54, 1.807) is 6.07 Å². The molecule has 0 bridgehead atoms. The molecule has 2 heterocycles. The summed E-state index contributed by atoms with van der Waals surface area (Å²) in [5, 5.41) is 9.43. The average Bonchev–Trinajstić information content (AvgIpc) is 2.64. The average molecular weight is 209 g/mol. The number of aromatic nitrogens is 2. The van der Waals surface area contributed by atoms with E-state index >= 15 is 0 Å². The lowest BCUT2D eigenvalue weighted by atomic mass is 10.3. The number of aliphatic hydroxyl groups is 1. The maximum absolute atomic E-state index is 9.43. The van der Waals surface area contributed by atoms with Crippen molar-refractivity contribution in [1.29, 1.82) is 0 Å². The number of nitrogen functional groups attached to an aromatic ring is 1. The molecule has 1 aromatic heterocycles. The Labute approximate surface area is 88.1 Å². The molecule has 1 aliphatic heterocycles. The lowest BCUT2D eigenvalue weighted by Crippen LogP contribution is -2.23. The van der Waals surface area contributed by atoms with Gasteiger partial charge in [-0.2, -0.15) is 0 Å². The molecular weight excluding hydrogens is 194 g/mol. The van der Waals surface area contributed by atoms with Crippen molar-refractivity contribution in [3.63, 3.8) is 0 Å². The summed E-state index contributed by atoms with van der Waals surface area (Å²) < 4.78 is 0. The Kier molecular flexibility index (Phi) is 2.70. The molecule has 0 aromatic carbocycles. The van der Waals surface area contributed by atoms with Gasteiger partial charge in [-0.1, -0.05) is 0 Å². The van der Waals surface area contributed by atoms with Gasteiger partial charge in [0, 0.05) is 19.2 Å². The van der Waals surface area contributed by atoms with E-state index in [9.17, 15) is 5.11 Å². The predicted molar refractivity (Wildman–Crippen MR) is 57.4 cm³/mol. The molecule has 1 atom stereocenters. The standard InChI is InChI=1S/C9H15N5O/c1-6-11-8(13-10)4-9(12-6)14-3-2-7(15)5-14/h4,7,15H,2-3,5,10H2,1H3,(H,11,12,13). The largest absolute Gasteiger partial charge is 0.391 e. The minimum Gasteiger partial charge on any atom is -0.391 e. The summed E-state index contributed by atoms with van der Waals surface area (Å²) in [5.74, 6) is 7.38. The van der Waals surface area contributed by atoms with Crippen molar-refractivity contribution in [3.05, 3.63) is 11.9 Å². The maximum Gasteiger partial charge on any atom is 0.145 e. The lowest BCUT2D eigenvalue weighted by molar-refractivity contribution is 0.198. The van der Waals surface area contributed by atoms with Crippen molar-refractivity contribution in [3.8, 4) is 0 Å².